The van der Waals surface area contributed by atoms with Crippen LogP contribution in [0, 0.1) is 5.82 Å². The summed E-state index contributed by atoms with van der Waals surface area (Å²) >= 11 is 0. The minimum absolute atomic E-state index is 0.0631. The van der Waals surface area contributed by atoms with Crippen molar-refractivity contribution >= 4 is 28.2 Å². The predicted molar refractivity (Wildman–Crippen MR) is 144 cm³/mol. The monoisotopic (exact) mass is 518 g/mol. The summed E-state index contributed by atoms with van der Waals surface area (Å²) in [6.45, 7) is 0. The van der Waals surface area contributed by atoms with Crippen molar-refractivity contribution in [3.8, 4) is 40.0 Å². The number of nitrogen functional groups attached to an aromatic ring is 1. The molecule has 0 aliphatic rings. The number of nitrogens with zero attached hydrogens (tertiary/aromatic N) is 6. The van der Waals surface area contributed by atoms with E-state index in [-0.39, 0.29) is 17.3 Å². The number of phenolic OH excluding ortho intramolecular Hbond substituents is 1. The fourth-order valence-electron chi connectivity index (χ4n) is 4.03. The molecule has 0 amide bonds. The highest BCUT2D eigenvalue weighted by Gasteiger charge is 2.16. The number of nitrogens with one attached hydrogen (secondary N) is 1. The Morgan fingerprint density at radius 3 is 2.51 bits per heavy atom. The molecular weight excluding hydrogens is 499 g/mol. The standard InChI is InChI=1S/C28H19FN8O2/c29-22-9-8-17(38)14-21(22)25-18-4-1-2-5-19(18)26(37-36-25)34-16-7-10-24(33-15-16)39-27-20(6-3-12-31-27)23-11-13-32-28(30)35-23/h1-15,38H,(H,34,37)(H2,30,32,35). The van der Waals surface area contributed by atoms with Crippen LogP contribution in [0.1, 0.15) is 0 Å². The third kappa shape index (κ3) is 4.83. The minimum atomic E-state index is -0.507. The molecule has 6 aromatic rings. The van der Waals surface area contributed by atoms with Gasteiger partial charge in [-0.2, -0.15) is 0 Å². The summed E-state index contributed by atoms with van der Waals surface area (Å²) in [5.74, 6) is 0.660. The average molecular weight is 519 g/mol. The van der Waals surface area contributed by atoms with Crippen molar-refractivity contribution in [2.45, 2.75) is 0 Å². The third-order valence-corrected chi connectivity index (χ3v) is 5.81. The molecule has 0 saturated heterocycles. The minimum Gasteiger partial charge on any atom is -0.508 e. The lowest BCUT2D eigenvalue weighted by Gasteiger charge is -2.12. The summed E-state index contributed by atoms with van der Waals surface area (Å²) in [6.07, 6.45) is 4.75. The molecule has 4 heterocycles. The molecule has 0 bridgehead atoms. The molecule has 0 aliphatic heterocycles. The van der Waals surface area contributed by atoms with Gasteiger partial charge in [-0.05, 0) is 42.5 Å². The zero-order valence-corrected chi connectivity index (χ0v) is 20.2. The van der Waals surface area contributed by atoms with Crippen LogP contribution in [-0.4, -0.2) is 35.2 Å². The first-order valence-electron chi connectivity index (χ1n) is 11.7. The highest BCUT2D eigenvalue weighted by atomic mass is 19.1. The quantitative estimate of drug-likeness (QED) is 0.258. The van der Waals surface area contributed by atoms with Crippen molar-refractivity contribution in [2.75, 3.05) is 11.1 Å². The molecule has 4 N–H and O–H groups in total. The molecule has 0 fully saturated rings. The van der Waals surface area contributed by atoms with Crippen molar-refractivity contribution in [3.05, 3.63) is 97.2 Å². The number of hydrogen-bond donors (Lipinski definition) is 3. The predicted octanol–water partition coefficient (Wildman–Crippen LogP) is 5.51. The fraction of sp³-hybridized carbons (Fsp3) is 0. The van der Waals surface area contributed by atoms with Crippen LogP contribution in [0.3, 0.4) is 0 Å². The average Bonchev–Trinajstić information content (AvgIpc) is 2.96. The summed E-state index contributed by atoms with van der Waals surface area (Å²) < 4.78 is 20.5. The molecule has 0 spiro atoms. The van der Waals surface area contributed by atoms with Gasteiger partial charge in [0.1, 0.15) is 17.3 Å². The molecule has 0 saturated carbocycles. The van der Waals surface area contributed by atoms with Gasteiger partial charge in [-0.15, -0.1) is 10.2 Å². The van der Waals surface area contributed by atoms with Crippen molar-refractivity contribution in [1.82, 2.24) is 30.1 Å². The van der Waals surface area contributed by atoms with Crippen molar-refractivity contribution < 1.29 is 14.2 Å². The Morgan fingerprint density at radius 1 is 0.821 bits per heavy atom. The highest BCUT2D eigenvalue weighted by Crippen LogP contribution is 2.34. The first-order chi connectivity index (χ1) is 19.0. The summed E-state index contributed by atoms with van der Waals surface area (Å²) in [5.41, 5.74) is 8.05. The zero-order valence-electron chi connectivity index (χ0n) is 20.2. The van der Waals surface area contributed by atoms with Gasteiger partial charge in [0.2, 0.25) is 17.7 Å². The van der Waals surface area contributed by atoms with Gasteiger partial charge in [-0.25, -0.2) is 24.3 Å². The second kappa shape index (κ2) is 9.98. The van der Waals surface area contributed by atoms with Gasteiger partial charge in [0.15, 0.2) is 5.82 Å². The summed E-state index contributed by atoms with van der Waals surface area (Å²) in [5, 5.41) is 23.0. The number of fused-ring (bicyclic) bond motifs is 1. The third-order valence-electron chi connectivity index (χ3n) is 5.81. The number of benzene rings is 2. The maximum Gasteiger partial charge on any atom is 0.230 e. The van der Waals surface area contributed by atoms with Crippen LogP contribution in [0.15, 0.2) is 91.4 Å². The summed E-state index contributed by atoms with van der Waals surface area (Å²) in [4.78, 5) is 16.8. The maximum atomic E-state index is 14.5. The van der Waals surface area contributed by atoms with Crippen LogP contribution < -0.4 is 15.8 Å². The SMILES string of the molecule is Nc1nccc(-c2cccnc2Oc2ccc(Nc3nnc(-c4cc(O)ccc4F)c4ccccc34)cn2)n1. The molecule has 2 aromatic carbocycles. The van der Waals surface area contributed by atoms with Crippen LogP contribution in [0.25, 0.3) is 33.3 Å². The number of rotatable bonds is 6. The Hall–Kier alpha value is -5.71. The fourth-order valence-corrected chi connectivity index (χ4v) is 4.03. The molecule has 190 valence electrons. The zero-order chi connectivity index (χ0) is 26.8. The lowest BCUT2D eigenvalue weighted by atomic mass is 10.0. The molecule has 0 radical (unpaired) electrons. The molecule has 4 aromatic heterocycles. The molecule has 0 aliphatic carbocycles. The maximum absolute atomic E-state index is 14.5. The van der Waals surface area contributed by atoms with E-state index < -0.39 is 5.82 Å². The molecule has 6 rings (SSSR count). The van der Waals surface area contributed by atoms with Crippen LogP contribution in [0.2, 0.25) is 0 Å². The van der Waals surface area contributed by atoms with E-state index in [9.17, 15) is 9.50 Å². The topological polar surface area (TPSA) is 145 Å². The second-order valence-corrected chi connectivity index (χ2v) is 8.38. The first-order valence-corrected chi connectivity index (χ1v) is 11.7. The van der Waals surface area contributed by atoms with Crippen molar-refractivity contribution in [1.29, 1.82) is 0 Å². The van der Waals surface area contributed by atoms with E-state index in [1.165, 1.54) is 18.2 Å². The Balaban J connectivity index is 1.27. The van der Waals surface area contributed by atoms with E-state index >= 15 is 0 Å². The number of halogens is 1. The van der Waals surface area contributed by atoms with E-state index in [0.717, 1.165) is 0 Å². The van der Waals surface area contributed by atoms with Gasteiger partial charge < -0.3 is 20.9 Å². The van der Waals surface area contributed by atoms with E-state index in [1.54, 1.807) is 42.9 Å². The molecule has 11 heteroatoms. The van der Waals surface area contributed by atoms with Gasteiger partial charge in [0, 0.05) is 34.8 Å². The van der Waals surface area contributed by atoms with E-state index in [0.29, 0.717) is 51.0 Å². The number of ether oxygens (including phenoxy) is 1. The molecule has 0 unspecified atom stereocenters. The van der Waals surface area contributed by atoms with Crippen LogP contribution >= 0.6 is 0 Å². The number of hydrogen-bond acceptors (Lipinski definition) is 10. The first kappa shape index (κ1) is 23.7. The van der Waals surface area contributed by atoms with Crippen LogP contribution in [-0.2, 0) is 0 Å². The Kier molecular flexibility index (Phi) is 6.06. The van der Waals surface area contributed by atoms with Crippen LogP contribution in [0.4, 0.5) is 21.8 Å². The van der Waals surface area contributed by atoms with E-state index in [1.807, 2.05) is 30.3 Å². The lowest BCUT2D eigenvalue weighted by Crippen LogP contribution is -2.01. The largest absolute Gasteiger partial charge is 0.508 e. The Labute approximate surface area is 221 Å². The number of nitrogens with two attached hydrogens (primary N) is 1. The van der Waals surface area contributed by atoms with Gasteiger partial charge in [-0.1, -0.05) is 24.3 Å². The Bertz CT molecular complexity index is 1810. The van der Waals surface area contributed by atoms with Gasteiger partial charge >= 0.3 is 0 Å². The number of aromatic nitrogens is 6. The van der Waals surface area contributed by atoms with E-state index in [4.69, 9.17) is 10.5 Å². The van der Waals surface area contributed by atoms with Crippen LogP contribution in [0.5, 0.6) is 17.5 Å². The second-order valence-electron chi connectivity index (χ2n) is 8.38. The summed E-state index contributed by atoms with van der Waals surface area (Å²) in [7, 11) is 0. The molecular formula is C28H19FN8O2. The smallest absolute Gasteiger partial charge is 0.230 e. The van der Waals surface area contributed by atoms with Gasteiger partial charge in [-0.3, -0.25) is 0 Å². The molecule has 0 atom stereocenters. The number of aromatic hydroxyl groups is 1. The molecule has 10 nitrogen and oxygen atoms in total. The van der Waals surface area contributed by atoms with Gasteiger partial charge in [0.25, 0.3) is 0 Å². The molecule has 39 heavy (non-hydrogen) atoms. The normalized spacial score (nSPS) is 10.9. The Morgan fingerprint density at radius 2 is 1.69 bits per heavy atom. The highest BCUT2D eigenvalue weighted by molar-refractivity contribution is 6.01. The number of pyridine rings is 2. The number of phenols is 1. The summed E-state index contributed by atoms with van der Waals surface area (Å²) in [6, 6.07) is 19.9. The number of anilines is 3. The van der Waals surface area contributed by atoms with E-state index in [2.05, 4.69) is 35.5 Å². The lowest BCUT2D eigenvalue weighted by molar-refractivity contribution is 0.446. The van der Waals surface area contributed by atoms with Crippen molar-refractivity contribution in [3.63, 3.8) is 0 Å². The van der Waals surface area contributed by atoms with Crippen molar-refractivity contribution in [2.24, 2.45) is 0 Å². The van der Waals surface area contributed by atoms with Gasteiger partial charge in [0.05, 0.1) is 23.1 Å².